The molecule has 0 fully saturated rings. The fourth-order valence-corrected chi connectivity index (χ4v) is 0.270. The summed E-state index contributed by atoms with van der Waals surface area (Å²) in [6.45, 7) is 0.483. The summed E-state index contributed by atoms with van der Waals surface area (Å²) in [5.74, 6) is 0. The lowest BCUT2D eigenvalue weighted by atomic mass is 10.3. The van der Waals surface area contributed by atoms with Gasteiger partial charge in [0.15, 0.2) is 0 Å². The van der Waals surface area contributed by atoms with Crippen LogP contribution in [0.1, 0.15) is 6.42 Å². The number of rotatable bonds is 2. The van der Waals surface area contributed by atoms with Gasteiger partial charge in [-0.15, -0.1) is 0 Å². The first kappa shape index (κ1) is 6.80. The van der Waals surface area contributed by atoms with E-state index in [1.54, 1.807) is 0 Å². The molecular weight excluding hydrogens is 108 g/mol. The zero-order valence-electron chi connectivity index (χ0n) is 3.96. The minimum absolute atomic E-state index is 0.0602. The van der Waals surface area contributed by atoms with Crippen molar-refractivity contribution < 1.29 is 0 Å². The number of thiol groups is 1. The Morgan fingerprint density at radius 3 is 2.57 bits per heavy atom. The lowest BCUT2D eigenvalue weighted by Gasteiger charge is -1.96. The molecular formula is C4H8N2S. The molecule has 7 heavy (non-hydrogen) atoms. The molecule has 0 rings (SSSR count). The predicted molar refractivity (Wildman–Crippen MR) is 32.1 cm³/mol. The normalized spacial score (nSPS) is 12.7. The van der Waals surface area contributed by atoms with Crippen LogP contribution in [0, 0.1) is 11.3 Å². The van der Waals surface area contributed by atoms with Crippen LogP contribution in [0.2, 0.25) is 0 Å². The van der Waals surface area contributed by atoms with Crippen LogP contribution in [0.5, 0.6) is 0 Å². The number of hydrogen-bond donors (Lipinski definition) is 2. The Bertz CT molecular complexity index is 76.2. The van der Waals surface area contributed by atoms with Crippen molar-refractivity contribution in [3.05, 3.63) is 0 Å². The van der Waals surface area contributed by atoms with Gasteiger partial charge in [-0.05, 0) is 0 Å². The quantitative estimate of drug-likeness (QED) is 0.505. The first-order chi connectivity index (χ1) is 3.31. The van der Waals surface area contributed by atoms with Crippen molar-refractivity contribution in [2.75, 3.05) is 6.54 Å². The summed E-state index contributed by atoms with van der Waals surface area (Å²) in [7, 11) is 0. The van der Waals surface area contributed by atoms with Crippen molar-refractivity contribution in [3.8, 4) is 6.07 Å². The highest BCUT2D eigenvalue weighted by Crippen LogP contribution is 1.94. The number of nitriles is 1. The van der Waals surface area contributed by atoms with E-state index in [0.717, 1.165) is 0 Å². The molecule has 0 bridgehead atoms. The maximum absolute atomic E-state index is 8.01. The molecule has 0 aromatic heterocycles. The zero-order valence-corrected chi connectivity index (χ0v) is 4.86. The standard InChI is InChI=1S/C4H8N2S/c5-2-1-4(7)3-6/h4,7H,1,3,6H2. The van der Waals surface area contributed by atoms with Gasteiger partial charge in [0.25, 0.3) is 0 Å². The molecule has 0 radical (unpaired) electrons. The van der Waals surface area contributed by atoms with Crippen LogP contribution in [0.15, 0.2) is 0 Å². The van der Waals surface area contributed by atoms with Crippen LogP contribution in [0.4, 0.5) is 0 Å². The Hall–Kier alpha value is -0.200. The van der Waals surface area contributed by atoms with Crippen molar-refractivity contribution in [2.24, 2.45) is 5.73 Å². The van der Waals surface area contributed by atoms with Gasteiger partial charge < -0.3 is 5.73 Å². The average molecular weight is 116 g/mol. The summed E-state index contributed by atoms with van der Waals surface area (Å²) < 4.78 is 0. The smallest absolute Gasteiger partial charge is 0.0633 e. The Kier molecular flexibility index (Phi) is 3.86. The van der Waals surface area contributed by atoms with Crippen molar-refractivity contribution in [2.45, 2.75) is 11.7 Å². The fourth-order valence-electron chi connectivity index (χ4n) is 0.189. The molecule has 0 saturated heterocycles. The highest BCUT2D eigenvalue weighted by molar-refractivity contribution is 7.81. The van der Waals surface area contributed by atoms with Crippen molar-refractivity contribution in [3.63, 3.8) is 0 Å². The van der Waals surface area contributed by atoms with Crippen LogP contribution in [0.25, 0.3) is 0 Å². The van der Waals surface area contributed by atoms with Gasteiger partial charge >= 0.3 is 0 Å². The predicted octanol–water partition coefficient (Wildman–Crippen LogP) is 0.157. The molecule has 0 aliphatic carbocycles. The third kappa shape index (κ3) is 3.64. The molecule has 0 spiro atoms. The van der Waals surface area contributed by atoms with E-state index >= 15 is 0 Å². The topological polar surface area (TPSA) is 49.8 Å². The van der Waals surface area contributed by atoms with E-state index in [4.69, 9.17) is 11.0 Å². The summed E-state index contributed by atoms with van der Waals surface area (Å²) >= 11 is 3.96. The van der Waals surface area contributed by atoms with E-state index in [9.17, 15) is 0 Å². The van der Waals surface area contributed by atoms with Crippen molar-refractivity contribution in [1.82, 2.24) is 0 Å². The SMILES string of the molecule is N#CCC(S)CN. The zero-order chi connectivity index (χ0) is 5.70. The summed E-state index contributed by atoms with van der Waals surface area (Å²) in [5, 5.41) is 8.07. The molecule has 0 aliphatic rings. The van der Waals surface area contributed by atoms with Gasteiger partial charge in [-0.25, -0.2) is 0 Å². The van der Waals surface area contributed by atoms with Crippen LogP contribution in [0.3, 0.4) is 0 Å². The van der Waals surface area contributed by atoms with E-state index in [-0.39, 0.29) is 5.25 Å². The van der Waals surface area contributed by atoms with Crippen LogP contribution >= 0.6 is 12.6 Å². The fraction of sp³-hybridized carbons (Fsp3) is 0.750. The van der Waals surface area contributed by atoms with Gasteiger partial charge in [-0.2, -0.15) is 17.9 Å². The van der Waals surface area contributed by atoms with Gasteiger partial charge in [0.1, 0.15) is 0 Å². The third-order valence-corrected chi connectivity index (χ3v) is 0.992. The molecule has 0 saturated carbocycles. The maximum atomic E-state index is 8.01. The Morgan fingerprint density at radius 1 is 1.86 bits per heavy atom. The summed E-state index contributed by atoms with van der Waals surface area (Å²) in [5.41, 5.74) is 5.13. The van der Waals surface area contributed by atoms with Crippen LogP contribution in [-0.4, -0.2) is 11.8 Å². The van der Waals surface area contributed by atoms with Crippen LogP contribution < -0.4 is 5.73 Å². The van der Waals surface area contributed by atoms with E-state index in [0.29, 0.717) is 13.0 Å². The summed E-state index contributed by atoms with van der Waals surface area (Å²) in [6, 6.07) is 1.96. The highest BCUT2D eigenvalue weighted by Gasteiger charge is 1.94. The largest absolute Gasteiger partial charge is 0.329 e. The molecule has 1 atom stereocenters. The molecule has 0 heterocycles. The molecule has 0 aliphatic heterocycles. The Balaban J connectivity index is 3.03. The van der Waals surface area contributed by atoms with Gasteiger partial charge in [0, 0.05) is 18.2 Å². The minimum atomic E-state index is 0.0602. The number of nitrogens with two attached hydrogens (primary N) is 1. The van der Waals surface area contributed by atoms with Crippen LogP contribution in [-0.2, 0) is 0 Å². The molecule has 0 aromatic rings. The van der Waals surface area contributed by atoms with E-state index < -0.39 is 0 Å². The minimum Gasteiger partial charge on any atom is -0.329 e. The first-order valence-electron chi connectivity index (χ1n) is 2.06. The maximum Gasteiger partial charge on any atom is 0.0633 e. The Labute approximate surface area is 48.7 Å². The molecule has 0 amide bonds. The van der Waals surface area contributed by atoms with E-state index in [1.165, 1.54) is 0 Å². The molecule has 40 valence electrons. The molecule has 2 nitrogen and oxygen atoms in total. The monoisotopic (exact) mass is 116 g/mol. The molecule has 0 aromatic carbocycles. The highest BCUT2D eigenvalue weighted by atomic mass is 32.1. The number of hydrogen-bond acceptors (Lipinski definition) is 3. The van der Waals surface area contributed by atoms with Gasteiger partial charge in [-0.3, -0.25) is 0 Å². The van der Waals surface area contributed by atoms with Gasteiger partial charge in [0.05, 0.1) is 6.07 Å². The lowest BCUT2D eigenvalue weighted by Crippen LogP contribution is -2.12. The summed E-state index contributed by atoms with van der Waals surface area (Å²) in [6.07, 6.45) is 0.444. The van der Waals surface area contributed by atoms with Gasteiger partial charge in [-0.1, -0.05) is 0 Å². The average Bonchev–Trinajstić information content (AvgIpc) is 1.68. The van der Waals surface area contributed by atoms with E-state index in [1.807, 2.05) is 6.07 Å². The second kappa shape index (κ2) is 3.97. The van der Waals surface area contributed by atoms with Gasteiger partial charge in [0.2, 0.25) is 0 Å². The van der Waals surface area contributed by atoms with E-state index in [2.05, 4.69) is 12.6 Å². The second-order valence-corrected chi connectivity index (χ2v) is 1.98. The first-order valence-corrected chi connectivity index (χ1v) is 2.58. The van der Waals surface area contributed by atoms with Crippen molar-refractivity contribution >= 4 is 12.6 Å². The second-order valence-electron chi connectivity index (χ2n) is 1.25. The molecule has 3 heteroatoms. The lowest BCUT2D eigenvalue weighted by molar-refractivity contribution is 0.889. The van der Waals surface area contributed by atoms with Crippen molar-refractivity contribution in [1.29, 1.82) is 5.26 Å². The third-order valence-electron chi connectivity index (χ3n) is 0.599. The molecule has 1 unspecified atom stereocenters. The Morgan fingerprint density at radius 2 is 2.43 bits per heavy atom. The summed E-state index contributed by atoms with van der Waals surface area (Å²) in [4.78, 5) is 0. The number of nitrogens with zero attached hydrogens (tertiary/aromatic N) is 1. The molecule has 2 N–H and O–H groups in total.